The van der Waals surface area contributed by atoms with Gasteiger partial charge in [0.15, 0.2) is 0 Å². The van der Waals surface area contributed by atoms with Crippen molar-refractivity contribution in [2.75, 3.05) is 0 Å². The molecule has 1 aromatic rings. The molecular formula is C12H16N2O7S. The first-order chi connectivity index (χ1) is 10.4. The number of alkyl carbamates (subject to hydrolysis) is 1. The minimum Gasteiger partial charge on any atom is -0.480 e. The number of carbonyl (C=O) groups excluding carboxylic acids is 1. The van der Waals surface area contributed by atoms with Crippen LogP contribution in [-0.4, -0.2) is 37.7 Å². The second-order valence-electron chi connectivity index (χ2n) is 4.24. The molecule has 0 heterocycles. The van der Waals surface area contributed by atoms with E-state index in [9.17, 15) is 18.0 Å². The van der Waals surface area contributed by atoms with Crippen molar-refractivity contribution in [3.05, 3.63) is 35.9 Å². The van der Waals surface area contributed by atoms with Crippen LogP contribution in [0.1, 0.15) is 12.5 Å². The third-order valence-electron chi connectivity index (χ3n) is 2.57. The number of rotatable bonds is 8. The van der Waals surface area contributed by atoms with Gasteiger partial charge in [0.1, 0.15) is 12.6 Å². The predicted molar refractivity (Wildman–Crippen MR) is 75.2 cm³/mol. The highest BCUT2D eigenvalue weighted by Crippen LogP contribution is 2.02. The second-order valence-corrected chi connectivity index (χ2v) is 4.87. The first-order valence-corrected chi connectivity index (χ1v) is 7.26. The van der Waals surface area contributed by atoms with Gasteiger partial charge < -0.3 is 15.2 Å². The van der Waals surface area contributed by atoms with E-state index in [0.29, 0.717) is 0 Å². The Morgan fingerprint density at radius 2 is 1.91 bits per heavy atom. The summed E-state index contributed by atoms with van der Waals surface area (Å²) in [6.45, 7) is 1.30. The van der Waals surface area contributed by atoms with E-state index >= 15 is 0 Å². The molecular weight excluding hydrogens is 316 g/mol. The molecule has 9 nitrogen and oxygen atoms in total. The molecule has 0 aliphatic heterocycles. The van der Waals surface area contributed by atoms with E-state index in [1.165, 1.54) is 6.92 Å². The number of hydroxylamine groups is 1. The summed E-state index contributed by atoms with van der Waals surface area (Å²) in [5.74, 6) is -1.37. The average molecular weight is 332 g/mol. The topological polar surface area (TPSA) is 131 Å². The number of thiol groups is 1. The van der Waals surface area contributed by atoms with Crippen LogP contribution in [0, 0.1) is 0 Å². The fraction of sp³-hybridized carbons (Fsp3) is 0.333. The smallest absolute Gasteiger partial charge is 0.408 e. The van der Waals surface area contributed by atoms with Crippen LogP contribution in [0.2, 0.25) is 0 Å². The fourth-order valence-corrected chi connectivity index (χ4v) is 1.74. The highest BCUT2D eigenvalue weighted by molar-refractivity contribution is 7.67. The molecule has 0 fully saturated rings. The lowest BCUT2D eigenvalue weighted by Gasteiger charge is -2.20. The van der Waals surface area contributed by atoms with E-state index < -0.39 is 35.1 Å². The van der Waals surface area contributed by atoms with Crippen molar-refractivity contribution in [2.45, 2.75) is 25.6 Å². The number of amides is 1. The van der Waals surface area contributed by atoms with Gasteiger partial charge in [0, 0.05) is 0 Å². The molecule has 0 radical (unpaired) electrons. The van der Waals surface area contributed by atoms with Crippen LogP contribution in [0.4, 0.5) is 4.79 Å². The SMILES string of the molecule is C[C@@H](NO[SH](=O)=O)[C@H](NC(=O)OCc1ccccc1)C(=O)O. The lowest BCUT2D eigenvalue weighted by atomic mass is 10.1. The Labute approximate surface area is 128 Å². The van der Waals surface area contributed by atoms with Crippen LogP contribution in [-0.2, 0) is 31.4 Å². The van der Waals surface area contributed by atoms with Crippen molar-refractivity contribution in [1.29, 1.82) is 0 Å². The standard InChI is InChI=1S/C12H16N2O7S/c1-8(14-21-22(18)19)10(11(15)16)13-12(17)20-7-9-5-3-2-4-6-9/h2-6,8,10,14,22H,7H2,1H3,(H,13,17)(H,15,16)/t8-,10+/m1/s1. The molecule has 0 saturated heterocycles. The summed E-state index contributed by atoms with van der Waals surface area (Å²) in [6, 6.07) is 6.38. The molecule has 1 rings (SSSR count). The number of hydrogen-bond donors (Lipinski definition) is 4. The quantitative estimate of drug-likeness (QED) is 0.380. The Bertz CT molecular complexity index is 568. The van der Waals surface area contributed by atoms with Crippen molar-refractivity contribution in [3.63, 3.8) is 0 Å². The third kappa shape index (κ3) is 6.52. The highest BCUT2D eigenvalue weighted by Gasteiger charge is 2.27. The summed E-state index contributed by atoms with van der Waals surface area (Å²) >= 11 is 0. The number of hydrogen-bond acceptors (Lipinski definition) is 7. The van der Waals surface area contributed by atoms with Crippen LogP contribution in [0.3, 0.4) is 0 Å². The van der Waals surface area contributed by atoms with Gasteiger partial charge in [-0.15, -0.1) is 0 Å². The maximum Gasteiger partial charge on any atom is 0.408 e. The zero-order chi connectivity index (χ0) is 16.5. The maximum atomic E-state index is 11.6. The van der Waals surface area contributed by atoms with Gasteiger partial charge in [0.05, 0.1) is 6.04 Å². The first-order valence-electron chi connectivity index (χ1n) is 6.17. The molecule has 0 spiro atoms. The number of carbonyl (C=O) groups is 2. The van der Waals surface area contributed by atoms with Crippen molar-refractivity contribution in [3.8, 4) is 0 Å². The van der Waals surface area contributed by atoms with Crippen molar-refractivity contribution in [2.24, 2.45) is 0 Å². The van der Waals surface area contributed by atoms with Crippen LogP contribution in [0.25, 0.3) is 0 Å². The molecule has 1 aromatic carbocycles. The van der Waals surface area contributed by atoms with E-state index in [0.717, 1.165) is 5.56 Å². The second kappa shape index (κ2) is 8.97. The van der Waals surface area contributed by atoms with Crippen LogP contribution < -0.4 is 10.8 Å². The molecule has 0 aliphatic rings. The van der Waals surface area contributed by atoms with Gasteiger partial charge >= 0.3 is 12.1 Å². The maximum absolute atomic E-state index is 11.6. The molecule has 0 aliphatic carbocycles. The molecule has 0 bridgehead atoms. The summed E-state index contributed by atoms with van der Waals surface area (Å²) in [7, 11) is -3.18. The Morgan fingerprint density at radius 1 is 1.27 bits per heavy atom. The fourth-order valence-electron chi connectivity index (χ4n) is 1.49. The zero-order valence-electron chi connectivity index (χ0n) is 11.6. The van der Waals surface area contributed by atoms with Gasteiger partial charge in [-0.1, -0.05) is 30.3 Å². The number of carboxylic acids is 1. The Hall–Kier alpha value is -2.17. The number of aliphatic carboxylic acids is 1. The third-order valence-corrected chi connectivity index (χ3v) is 2.82. The molecule has 0 aromatic heterocycles. The molecule has 22 heavy (non-hydrogen) atoms. The summed E-state index contributed by atoms with van der Waals surface area (Å²) in [5, 5.41) is 11.1. The molecule has 2 atom stereocenters. The molecule has 0 saturated carbocycles. The number of nitrogens with one attached hydrogen (secondary N) is 2. The van der Waals surface area contributed by atoms with E-state index in [-0.39, 0.29) is 6.61 Å². The summed E-state index contributed by atoms with van der Waals surface area (Å²) in [5.41, 5.74) is 2.73. The summed E-state index contributed by atoms with van der Waals surface area (Å²) in [6.07, 6.45) is -0.948. The van der Waals surface area contributed by atoms with E-state index in [1.807, 2.05) is 5.48 Å². The van der Waals surface area contributed by atoms with Crippen molar-refractivity contribution in [1.82, 2.24) is 10.8 Å². The van der Waals surface area contributed by atoms with Crippen LogP contribution in [0.15, 0.2) is 30.3 Å². The first kappa shape index (κ1) is 17.9. The minimum atomic E-state index is -3.18. The highest BCUT2D eigenvalue weighted by atomic mass is 32.2. The Balaban J connectivity index is 2.51. The molecule has 122 valence electrons. The molecule has 3 N–H and O–H groups in total. The normalized spacial score (nSPS) is 13.4. The van der Waals surface area contributed by atoms with Gasteiger partial charge in [-0.25, -0.2) is 18.0 Å². The Kier molecular flexibility index (Phi) is 7.29. The lowest BCUT2D eigenvalue weighted by molar-refractivity contribution is -0.140. The monoisotopic (exact) mass is 332 g/mol. The van der Waals surface area contributed by atoms with Crippen LogP contribution in [0.5, 0.6) is 0 Å². The zero-order valence-corrected chi connectivity index (χ0v) is 12.5. The lowest BCUT2D eigenvalue weighted by Crippen LogP contribution is -2.53. The van der Waals surface area contributed by atoms with E-state index in [4.69, 9.17) is 9.84 Å². The van der Waals surface area contributed by atoms with Crippen molar-refractivity contribution < 1.29 is 32.1 Å². The van der Waals surface area contributed by atoms with Gasteiger partial charge in [-0.3, -0.25) is 0 Å². The average Bonchev–Trinajstić information content (AvgIpc) is 2.49. The molecule has 0 unspecified atom stereocenters. The van der Waals surface area contributed by atoms with E-state index in [1.54, 1.807) is 30.3 Å². The van der Waals surface area contributed by atoms with Gasteiger partial charge in [-0.05, 0) is 12.5 Å². The largest absolute Gasteiger partial charge is 0.480 e. The summed E-state index contributed by atoms with van der Waals surface area (Å²) < 4.78 is 29.5. The van der Waals surface area contributed by atoms with Gasteiger partial charge in [0.2, 0.25) is 0 Å². The summed E-state index contributed by atoms with van der Waals surface area (Å²) in [4.78, 5) is 22.7. The molecule has 10 heteroatoms. The van der Waals surface area contributed by atoms with E-state index in [2.05, 4.69) is 9.60 Å². The number of benzene rings is 1. The minimum absolute atomic E-state index is 0.0241. The number of carboxylic acid groups (broad SMARTS) is 1. The van der Waals surface area contributed by atoms with Gasteiger partial charge in [0.25, 0.3) is 11.0 Å². The Morgan fingerprint density at radius 3 is 2.45 bits per heavy atom. The predicted octanol–water partition coefficient (Wildman–Crippen LogP) is -0.198. The van der Waals surface area contributed by atoms with Gasteiger partial charge in [-0.2, -0.15) is 9.76 Å². The van der Waals surface area contributed by atoms with Crippen molar-refractivity contribution >= 4 is 23.0 Å². The molecule has 1 amide bonds. The van der Waals surface area contributed by atoms with Crippen LogP contribution >= 0.6 is 0 Å². The number of ether oxygens (including phenoxy) is 1.